The van der Waals surface area contributed by atoms with Crippen LogP contribution in [0, 0.1) is 5.41 Å². The molecule has 1 rings (SSSR count). The standard InChI is InChI=1S/C17H28NOS/c1-7-13(2)11-16-14(3)18(9-8-10-20-12-19)15(4)17(16,5)6/h7,11,19H,3,8-10,12H2,1-2,4-6H3/q+1/b13-7-,16-11+. The molecule has 0 aromatic heterocycles. The van der Waals surface area contributed by atoms with Crippen molar-refractivity contribution in [2.75, 3.05) is 18.2 Å². The smallest absolute Gasteiger partial charge is 0.202 e. The Kier molecular flexibility index (Phi) is 6.28. The van der Waals surface area contributed by atoms with Crippen molar-refractivity contribution in [2.24, 2.45) is 5.41 Å². The second-order valence-corrected chi connectivity index (χ2v) is 6.87. The highest BCUT2D eigenvalue weighted by atomic mass is 32.2. The van der Waals surface area contributed by atoms with Gasteiger partial charge in [0.1, 0.15) is 6.54 Å². The van der Waals surface area contributed by atoms with Gasteiger partial charge < -0.3 is 5.11 Å². The Hall–Kier alpha value is -0.800. The van der Waals surface area contributed by atoms with Crippen LogP contribution in [0.4, 0.5) is 0 Å². The van der Waals surface area contributed by atoms with Crippen LogP contribution in [0.25, 0.3) is 0 Å². The number of aliphatic hydroxyl groups is 1. The van der Waals surface area contributed by atoms with Crippen molar-refractivity contribution < 1.29 is 9.68 Å². The molecule has 0 aromatic rings. The Morgan fingerprint density at radius 1 is 1.45 bits per heavy atom. The molecule has 0 radical (unpaired) electrons. The predicted octanol–water partition coefficient (Wildman–Crippen LogP) is 3.98. The van der Waals surface area contributed by atoms with Gasteiger partial charge in [-0.25, -0.2) is 0 Å². The first kappa shape index (κ1) is 17.3. The Morgan fingerprint density at radius 2 is 2.10 bits per heavy atom. The normalized spacial score (nSPS) is 21.2. The molecule has 1 heterocycles. The minimum atomic E-state index is 0.0471. The lowest BCUT2D eigenvalue weighted by molar-refractivity contribution is -0.468. The van der Waals surface area contributed by atoms with Crippen LogP contribution < -0.4 is 0 Å². The molecular weight excluding hydrogens is 266 g/mol. The van der Waals surface area contributed by atoms with E-state index in [0.717, 1.165) is 24.4 Å². The van der Waals surface area contributed by atoms with Crippen molar-refractivity contribution in [3.63, 3.8) is 0 Å². The average molecular weight is 294 g/mol. The highest BCUT2D eigenvalue weighted by molar-refractivity contribution is 7.99. The van der Waals surface area contributed by atoms with E-state index in [1.807, 2.05) is 0 Å². The van der Waals surface area contributed by atoms with E-state index in [4.69, 9.17) is 5.11 Å². The van der Waals surface area contributed by atoms with Gasteiger partial charge in [-0.3, -0.25) is 0 Å². The first-order chi connectivity index (χ1) is 9.36. The molecule has 1 N–H and O–H groups in total. The lowest BCUT2D eigenvalue weighted by atomic mass is 9.81. The predicted molar refractivity (Wildman–Crippen MR) is 90.4 cm³/mol. The summed E-state index contributed by atoms with van der Waals surface area (Å²) < 4.78 is 2.34. The van der Waals surface area contributed by atoms with Crippen molar-refractivity contribution in [3.8, 4) is 0 Å². The molecule has 0 aliphatic carbocycles. The molecule has 0 saturated carbocycles. The zero-order chi connectivity index (χ0) is 15.3. The maximum atomic E-state index is 8.82. The lowest BCUT2D eigenvalue weighted by Crippen LogP contribution is -2.23. The molecule has 0 aromatic carbocycles. The summed E-state index contributed by atoms with van der Waals surface area (Å²) in [5, 5.41) is 8.82. The van der Waals surface area contributed by atoms with Crippen LogP contribution in [0.5, 0.6) is 0 Å². The molecule has 0 saturated heterocycles. The van der Waals surface area contributed by atoms with Crippen LogP contribution in [0.15, 0.2) is 35.6 Å². The third-order valence-electron chi connectivity index (χ3n) is 4.21. The Morgan fingerprint density at radius 3 is 2.65 bits per heavy atom. The van der Waals surface area contributed by atoms with Crippen molar-refractivity contribution in [1.29, 1.82) is 0 Å². The van der Waals surface area contributed by atoms with Crippen LogP contribution in [0.1, 0.15) is 41.0 Å². The molecule has 0 atom stereocenters. The van der Waals surface area contributed by atoms with E-state index in [1.54, 1.807) is 11.8 Å². The topological polar surface area (TPSA) is 23.2 Å². The van der Waals surface area contributed by atoms with Crippen molar-refractivity contribution in [3.05, 3.63) is 35.6 Å². The average Bonchev–Trinajstić information content (AvgIpc) is 2.56. The third-order valence-corrected chi connectivity index (χ3v) is 4.97. The third kappa shape index (κ3) is 3.64. The van der Waals surface area contributed by atoms with E-state index in [2.05, 4.69) is 57.9 Å². The van der Waals surface area contributed by atoms with Crippen molar-refractivity contribution in [1.82, 2.24) is 0 Å². The fourth-order valence-electron chi connectivity index (χ4n) is 2.51. The van der Waals surface area contributed by atoms with Gasteiger partial charge >= 0.3 is 0 Å². The van der Waals surface area contributed by atoms with Gasteiger partial charge in [0.05, 0.1) is 11.4 Å². The van der Waals surface area contributed by atoms with Gasteiger partial charge in [-0.05, 0) is 40.3 Å². The minimum Gasteiger partial charge on any atom is -0.386 e. The molecule has 0 amide bonds. The van der Waals surface area contributed by atoms with Crippen LogP contribution in [0.2, 0.25) is 0 Å². The summed E-state index contributed by atoms with van der Waals surface area (Å²) in [4.78, 5) is 0. The van der Waals surface area contributed by atoms with Gasteiger partial charge in [-0.2, -0.15) is 4.58 Å². The van der Waals surface area contributed by atoms with E-state index in [1.165, 1.54) is 16.9 Å². The van der Waals surface area contributed by atoms with Crippen LogP contribution in [-0.2, 0) is 0 Å². The van der Waals surface area contributed by atoms with Crippen LogP contribution in [0.3, 0.4) is 0 Å². The maximum absolute atomic E-state index is 8.82. The zero-order valence-corrected chi connectivity index (χ0v) is 14.3. The summed E-state index contributed by atoms with van der Waals surface area (Å²) in [7, 11) is 0. The number of nitrogens with zero attached hydrogens (tertiary/aromatic N) is 1. The van der Waals surface area contributed by atoms with Gasteiger partial charge in [0, 0.05) is 24.7 Å². The summed E-state index contributed by atoms with van der Waals surface area (Å²) in [5.41, 5.74) is 5.14. The molecule has 112 valence electrons. The van der Waals surface area contributed by atoms with Gasteiger partial charge in [0.2, 0.25) is 5.70 Å². The lowest BCUT2D eigenvalue weighted by Gasteiger charge is -2.15. The number of rotatable bonds is 6. The number of hydrogen-bond acceptors (Lipinski definition) is 2. The Balaban J connectivity index is 2.95. The Labute approximate surface area is 128 Å². The molecule has 0 fully saturated rings. The second-order valence-electron chi connectivity index (χ2n) is 5.79. The van der Waals surface area contributed by atoms with E-state index >= 15 is 0 Å². The zero-order valence-electron chi connectivity index (χ0n) is 13.5. The first-order valence-electron chi connectivity index (χ1n) is 7.20. The number of allylic oxidation sites excluding steroid dienone is 4. The first-order valence-corrected chi connectivity index (χ1v) is 8.36. The van der Waals surface area contributed by atoms with Crippen molar-refractivity contribution >= 4 is 17.5 Å². The van der Waals surface area contributed by atoms with Gasteiger partial charge in [-0.15, -0.1) is 11.8 Å². The molecular formula is C17H28NOS+. The highest BCUT2D eigenvalue weighted by Gasteiger charge is 2.44. The molecule has 0 spiro atoms. The fraction of sp³-hybridized carbons (Fsp3) is 0.588. The highest BCUT2D eigenvalue weighted by Crippen LogP contribution is 2.40. The van der Waals surface area contributed by atoms with Gasteiger partial charge in [0.15, 0.2) is 5.71 Å². The minimum absolute atomic E-state index is 0.0471. The number of aliphatic hydroxyl groups excluding tert-OH is 1. The summed E-state index contributed by atoms with van der Waals surface area (Å²) in [6.07, 6.45) is 5.45. The molecule has 3 heteroatoms. The summed E-state index contributed by atoms with van der Waals surface area (Å²) in [6, 6.07) is 0. The summed E-state index contributed by atoms with van der Waals surface area (Å²) in [5.74, 6) is 1.20. The monoisotopic (exact) mass is 294 g/mol. The van der Waals surface area contributed by atoms with E-state index in [9.17, 15) is 0 Å². The van der Waals surface area contributed by atoms with E-state index < -0.39 is 0 Å². The fourth-order valence-corrected chi connectivity index (χ4v) is 2.97. The second kappa shape index (κ2) is 7.28. The van der Waals surface area contributed by atoms with Crippen LogP contribution >= 0.6 is 11.8 Å². The Bertz CT molecular complexity index is 469. The summed E-state index contributed by atoms with van der Waals surface area (Å²) in [6.45, 7) is 16.2. The van der Waals surface area contributed by atoms with Gasteiger partial charge in [-0.1, -0.05) is 11.6 Å². The molecule has 0 bridgehead atoms. The van der Waals surface area contributed by atoms with E-state index in [0.29, 0.717) is 0 Å². The maximum Gasteiger partial charge on any atom is 0.202 e. The largest absolute Gasteiger partial charge is 0.386 e. The number of thioether (sulfide) groups is 1. The van der Waals surface area contributed by atoms with Crippen molar-refractivity contribution in [2.45, 2.75) is 41.0 Å². The quantitative estimate of drug-likeness (QED) is 0.455. The molecule has 0 unspecified atom stereocenters. The molecule has 2 nitrogen and oxygen atoms in total. The molecule has 1 aliphatic heterocycles. The molecule has 1 aliphatic rings. The number of hydrogen-bond donors (Lipinski definition) is 1. The van der Waals surface area contributed by atoms with Crippen LogP contribution in [-0.4, -0.2) is 33.6 Å². The SMILES string of the molecule is C=C1/C(=C\C(C)=C/C)C(C)(C)C(C)=[N+]1CCCSCO. The summed E-state index contributed by atoms with van der Waals surface area (Å²) >= 11 is 1.58. The van der Waals surface area contributed by atoms with Gasteiger partial charge in [0.25, 0.3) is 0 Å². The van der Waals surface area contributed by atoms with E-state index in [-0.39, 0.29) is 11.4 Å². The molecule has 20 heavy (non-hydrogen) atoms.